The van der Waals surface area contributed by atoms with Crippen LogP contribution in [0.25, 0.3) is 0 Å². The Hall–Kier alpha value is -3.15. The monoisotopic (exact) mass is 406 g/mol. The summed E-state index contributed by atoms with van der Waals surface area (Å²) in [6.45, 7) is 1.27. The van der Waals surface area contributed by atoms with E-state index in [1.54, 1.807) is 32.2 Å². The molecule has 0 N–H and O–H groups in total. The summed E-state index contributed by atoms with van der Waals surface area (Å²) in [5.41, 5.74) is 0.00217. The first-order chi connectivity index (χ1) is 13.8. The van der Waals surface area contributed by atoms with Crippen LogP contribution in [0.4, 0.5) is 24.7 Å². The number of ether oxygens (including phenoxy) is 2. The number of anilines is 2. The highest BCUT2D eigenvalue weighted by Crippen LogP contribution is 2.34. The molecule has 1 aromatic carbocycles. The molecule has 0 spiro atoms. The second kappa shape index (κ2) is 8.07. The maximum absolute atomic E-state index is 13.1. The van der Waals surface area contributed by atoms with Gasteiger partial charge in [-0.3, -0.25) is 0 Å². The molecule has 2 heterocycles. The Labute approximate surface area is 167 Å². The number of aromatic nitrogens is 1. The minimum Gasteiger partial charge on any atom is -0.497 e. The largest absolute Gasteiger partial charge is 0.497 e. The van der Waals surface area contributed by atoms with E-state index in [0.29, 0.717) is 31.0 Å². The van der Waals surface area contributed by atoms with Gasteiger partial charge in [-0.2, -0.15) is 18.4 Å². The lowest BCUT2D eigenvalue weighted by molar-refractivity contribution is -0.141. The van der Waals surface area contributed by atoms with Crippen LogP contribution in [0.5, 0.6) is 11.5 Å². The normalized spacial score (nSPS) is 16.4. The number of halogens is 3. The predicted molar refractivity (Wildman–Crippen MR) is 103 cm³/mol. The van der Waals surface area contributed by atoms with E-state index in [2.05, 4.69) is 9.88 Å². The number of nitrogens with zero attached hydrogens (tertiary/aromatic N) is 4. The number of likely N-dealkylation sites (N-methyl/N-ethyl adjacent to an activating group) is 1. The van der Waals surface area contributed by atoms with Crippen molar-refractivity contribution in [3.8, 4) is 17.6 Å². The molecule has 6 nitrogen and oxygen atoms in total. The van der Waals surface area contributed by atoms with Gasteiger partial charge in [0.2, 0.25) is 0 Å². The smallest absolute Gasteiger partial charge is 0.433 e. The average Bonchev–Trinajstić information content (AvgIpc) is 3.22. The van der Waals surface area contributed by atoms with Crippen LogP contribution < -0.4 is 19.3 Å². The number of hydrogen-bond donors (Lipinski definition) is 0. The van der Waals surface area contributed by atoms with E-state index in [9.17, 15) is 18.4 Å². The van der Waals surface area contributed by atoms with Crippen LogP contribution in [0, 0.1) is 11.3 Å². The molecule has 3 rings (SSSR count). The van der Waals surface area contributed by atoms with E-state index in [1.165, 1.54) is 6.07 Å². The van der Waals surface area contributed by atoms with Crippen molar-refractivity contribution in [1.82, 2.24) is 4.98 Å². The maximum atomic E-state index is 13.1. The Kier molecular flexibility index (Phi) is 5.73. The van der Waals surface area contributed by atoms with Crippen LogP contribution in [0.1, 0.15) is 17.7 Å². The van der Waals surface area contributed by atoms with Crippen LogP contribution in [0.15, 0.2) is 30.3 Å². The zero-order chi connectivity index (χ0) is 21.2. The Bertz CT molecular complexity index is 905. The van der Waals surface area contributed by atoms with Crippen LogP contribution >= 0.6 is 0 Å². The summed E-state index contributed by atoms with van der Waals surface area (Å²) in [5, 5.41) is 9.31. The Balaban J connectivity index is 1.84. The van der Waals surface area contributed by atoms with Gasteiger partial charge in [0.1, 0.15) is 29.1 Å². The van der Waals surface area contributed by atoms with Crippen LogP contribution in [0.2, 0.25) is 0 Å². The van der Waals surface area contributed by atoms with Crippen LogP contribution in [0.3, 0.4) is 0 Å². The fourth-order valence-electron chi connectivity index (χ4n) is 3.40. The molecule has 29 heavy (non-hydrogen) atoms. The van der Waals surface area contributed by atoms with Crippen molar-refractivity contribution >= 4 is 11.5 Å². The van der Waals surface area contributed by atoms with Gasteiger partial charge in [-0.15, -0.1) is 0 Å². The number of benzene rings is 1. The zero-order valence-corrected chi connectivity index (χ0v) is 16.3. The van der Waals surface area contributed by atoms with Gasteiger partial charge in [-0.25, -0.2) is 4.98 Å². The van der Waals surface area contributed by atoms with Crippen molar-refractivity contribution in [3.05, 3.63) is 41.6 Å². The molecular formula is C20H21F3N4O2. The molecule has 1 atom stereocenters. The van der Waals surface area contributed by atoms with E-state index >= 15 is 0 Å². The van der Waals surface area contributed by atoms with Gasteiger partial charge in [0.25, 0.3) is 0 Å². The fraction of sp³-hybridized carbons (Fsp3) is 0.400. The lowest BCUT2D eigenvalue weighted by Crippen LogP contribution is -2.36. The molecule has 9 heteroatoms. The van der Waals surface area contributed by atoms with Crippen molar-refractivity contribution in [2.75, 3.05) is 44.2 Å². The first kappa shape index (κ1) is 20.6. The number of hydrogen-bond acceptors (Lipinski definition) is 6. The molecule has 0 amide bonds. The Morgan fingerprint density at radius 1 is 1.17 bits per heavy atom. The lowest BCUT2D eigenvalue weighted by Gasteiger charge is -2.27. The highest BCUT2D eigenvalue weighted by molar-refractivity contribution is 5.59. The molecule has 2 aromatic rings. The third kappa shape index (κ3) is 4.31. The molecule has 1 aliphatic rings. The average molecular weight is 406 g/mol. The van der Waals surface area contributed by atoms with Gasteiger partial charge in [0, 0.05) is 50.1 Å². The molecule has 1 fully saturated rings. The minimum atomic E-state index is -4.57. The summed E-state index contributed by atoms with van der Waals surface area (Å²) in [5.74, 6) is 1.35. The van der Waals surface area contributed by atoms with Crippen molar-refractivity contribution in [2.24, 2.45) is 0 Å². The Morgan fingerprint density at radius 3 is 2.38 bits per heavy atom. The number of methoxy groups -OCH3 is 2. The van der Waals surface area contributed by atoms with Crippen LogP contribution in [-0.2, 0) is 6.18 Å². The first-order valence-corrected chi connectivity index (χ1v) is 8.96. The molecule has 0 aliphatic carbocycles. The lowest BCUT2D eigenvalue weighted by atomic mass is 10.2. The first-order valence-electron chi connectivity index (χ1n) is 8.96. The summed E-state index contributed by atoms with van der Waals surface area (Å²) >= 11 is 0. The van der Waals surface area contributed by atoms with E-state index in [4.69, 9.17) is 9.47 Å². The highest BCUT2D eigenvalue weighted by Gasteiger charge is 2.35. The van der Waals surface area contributed by atoms with Gasteiger partial charge in [-0.1, -0.05) is 0 Å². The number of pyridine rings is 1. The summed E-state index contributed by atoms with van der Waals surface area (Å²) < 4.78 is 49.8. The van der Waals surface area contributed by atoms with Crippen molar-refractivity contribution in [1.29, 1.82) is 5.26 Å². The van der Waals surface area contributed by atoms with E-state index in [-0.39, 0.29) is 17.4 Å². The number of rotatable bonds is 5. The second-order valence-corrected chi connectivity index (χ2v) is 6.75. The maximum Gasteiger partial charge on any atom is 0.433 e. The third-order valence-electron chi connectivity index (χ3n) is 5.03. The quantitative estimate of drug-likeness (QED) is 0.755. The second-order valence-electron chi connectivity index (χ2n) is 6.75. The summed E-state index contributed by atoms with van der Waals surface area (Å²) in [6, 6.07) is 9.37. The highest BCUT2D eigenvalue weighted by atomic mass is 19.4. The van der Waals surface area contributed by atoms with Crippen molar-refractivity contribution in [2.45, 2.75) is 18.6 Å². The summed E-state index contributed by atoms with van der Waals surface area (Å²) in [6.07, 6.45) is -3.86. The van der Waals surface area contributed by atoms with Gasteiger partial charge >= 0.3 is 6.18 Å². The molecule has 154 valence electrons. The molecular weight excluding hydrogens is 385 g/mol. The van der Waals surface area contributed by atoms with E-state index in [0.717, 1.165) is 11.8 Å². The molecule has 0 saturated carbocycles. The van der Waals surface area contributed by atoms with Gasteiger partial charge < -0.3 is 19.3 Å². The molecule has 0 radical (unpaired) electrons. The van der Waals surface area contributed by atoms with Gasteiger partial charge in [0.05, 0.1) is 19.8 Å². The summed E-state index contributed by atoms with van der Waals surface area (Å²) in [7, 11) is 4.81. The SMILES string of the molecule is COc1cc(OC)cc(N2CCC(N(C)c3nc(C(F)(F)F)ccc3C#N)C2)c1. The fourth-order valence-corrected chi connectivity index (χ4v) is 3.40. The number of nitriles is 1. The molecule has 0 bridgehead atoms. The Morgan fingerprint density at radius 2 is 1.83 bits per heavy atom. The van der Waals surface area contributed by atoms with Gasteiger partial charge in [0.15, 0.2) is 0 Å². The van der Waals surface area contributed by atoms with E-state index < -0.39 is 11.9 Å². The van der Waals surface area contributed by atoms with Crippen LogP contribution in [-0.4, -0.2) is 45.4 Å². The standard InChI is InChI=1S/C20H21F3N4O2/c1-26(19-13(11-24)4-5-18(25-19)20(21,22)23)14-6-7-27(12-14)15-8-16(28-2)10-17(9-15)29-3/h4-5,8-10,14H,6-7,12H2,1-3H3. The van der Waals surface area contributed by atoms with Crippen molar-refractivity contribution in [3.63, 3.8) is 0 Å². The number of alkyl halides is 3. The molecule has 1 aliphatic heterocycles. The molecule has 1 unspecified atom stereocenters. The van der Waals surface area contributed by atoms with Crippen molar-refractivity contribution < 1.29 is 22.6 Å². The predicted octanol–water partition coefficient (Wildman–Crippen LogP) is 3.70. The third-order valence-corrected chi connectivity index (χ3v) is 5.03. The minimum absolute atomic E-state index is 0.0393. The topological polar surface area (TPSA) is 61.6 Å². The zero-order valence-electron chi connectivity index (χ0n) is 16.3. The summed E-state index contributed by atoms with van der Waals surface area (Å²) in [4.78, 5) is 7.49. The molecule has 1 saturated heterocycles. The van der Waals surface area contributed by atoms with Gasteiger partial charge in [-0.05, 0) is 18.6 Å². The van der Waals surface area contributed by atoms with E-state index in [1.807, 2.05) is 18.2 Å². The molecule has 1 aromatic heterocycles.